The number of fused-ring (bicyclic) bond motifs is 3. The second-order valence-corrected chi connectivity index (χ2v) is 29.3. The molecule has 0 bridgehead atoms. The van der Waals surface area contributed by atoms with Crippen molar-refractivity contribution >= 4 is 92.5 Å². The molecule has 29 heteroatoms. The molecule has 6 aliphatic rings. The van der Waals surface area contributed by atoms with Crippen LogP contribution in [0.3, 0.4) is 0 Å². The number of amides is 3. The summed E-state index contributed by atoms with van der Waals surface area (Å²) in [5, 5.41) is 63.8. The Morgan fingerprint density at radius 1 is 0.473 bits per heavy atom. The van der Waals surface area contributed by atoms with E-state index in [4.69, 9.17) is 49.8 Å². The van der Waals surface area contributed by atoms with Gasteiger partial charge in [0.25, 0.3) is 0 Å². The quantitative estimate of drug-likeness (QED) is 0.0335. The van der Waals surface area contributed by atoms with E-state index < -0.39 is 35.0 Å². The number of rotatable bonds is 18. The molecule has 3 unspecified atom stereocenters. The van der Waals surface area contributed by atoms with Gasteiger partial charge < -0.3 is 30.3 Å². The summed E-state index contributed by atoms with van der Waals surface area (Å²) < 4.78 is 34.2. The number of carbonyl (C=O) groups is 4. The van der Waals surface area contributed by atoms with E-state index in [1.165, 1.54) is 53.5 Å². The van der Waals surface area contributed by atoms with Crippen molar-refractivity contribution in [3.63, 3.8) is 0 Å². The van der Waals surface area contributed by atoms with Crippen LogP contribution >= 0.6 is 34.8 Å². The third kappa shape index (κ3) is 15.5. The number of aromatic nitrogens is 11. The predicted octanol–water partition coefficient (Wildman–Crippen LogP) is 13.1. The Morgan fingerprint density at radius 2 is 0.864 bits per heavy atom. The van der Waals surface area contributed by atoms with Gasteiger partial charge in [0, 0.05) is 151 Å². The summed E-state index contributed by atoms with van der Waals surface area (Å²) in [4.78, 5) is 70.6. The van der Waals surface area contributed by atoms with E-state index in [1.807, 2.05) is 60.0 Å². The Kier molecular flexibility index (Phi) is 21.0. The minimum absolute atomic E-state index is 0.0295. The van der Waals surface area contributed by atoms with E-state index in [0.717, 1.165) is 124 Å². The first-order valence-electron chi connectivity index (χ1n) is 35.9. The fourth-order valence-corrected chi connectivity index (χ4v) is 15.0. The van der Waals surface area contributed by atoms with Gasteiger partial charge in [0.05, 0.1) is 62.3 Å². The molecule has 6 aliphatic heterocycles. The summed E-state index contributed by atoms with van der Waals surface area (Å²) in [6, 6.07) is 40.6. The van der Waals surface area contributed by atoms with Gasteiger partial charge in [-0.3, -0.25) is 34.2 Å². The third-order valence-electron chi connectivity index (χ3n) is 20.8. The number of hydrogen-bond acceptors (Lipinski definition) is 16. The minimum atomic E-state index is -0.953. The zero-order valence-electron chi connectivity index (χ0n) is 59.9. The van der Waals surface area contributed by atoms with Crippen LogP contribution in [0.5, 0.6) is 0 Å². The highest BCUT2D eigenvalue weighted by molar-refractivity contribution is 6.31. The monoisotopic (exact) mass is 1540 g/mol. The van der Waals surface area contributed by atoms with Crippen LogP contribution in [-0.4, -0.2) is 135 Å². The molecular weight excluding hydrogens is 1470 g/mol. The third-order valence-corrected chi connectivity index (χ3v) is 21.6. The summed E-state index contributed by atoms with van der Waals surface area (Å²) in [7, 11) is 0. The molecule has 17 rings (SSSR count). The number of aryl methyl sites for hydroxylation is 2. The largest absolute Gasteiger partial charge is 0.618 e. The molecule has 0 spiro atoms. The number of ketones is 1. The van der Waals surface area contributed by atoms with Crippen molar-refractivity contribution < 1.29 is 42.2 Å². The van der Waals surface area contributed by atoms with E-state index >= 15 is 0 Å². The Hall–Kier alpha value is -11.9. The molecule has 24 nitrogen and oxygen atoms in total. The molecule has 11 heterocycles. The summed E-state index contributed by atoms with van der Waals surface area (Å²) in [5.74, 6) is -3.35. The van der Waals surface area contributed by atoms with Crippen LogP contribution in [0, 0.1) is 41.1 Å². The second-order valence-electron chi connectivity index (χ2n) is 28.0. The number of halogens is 5. The van der Waals surface area contributed by atoms with E-state index in [1.54, 1.807) is 71.6 Å². The zero-order valence-corrected chi connectivity index (χ0v) is 62.1. The second kappa shape index (κ2) is 31.4. The first-order valence-corrected chi connectivity index (χ1v) is 37.1. The normalized spacial score (nSPS) is 15.2. The number of carbonyl (C=O) groups excluding carboxylic acids is 4. The van der Waals surface area contributed by atoms with Crippen LogP contribution in [0.25, 0.3) is 44.8 Å². The van der Waals surface area contributed by atoms with Crippen molar-refractivity contribution in [2.75, 3.05) is 39.3 Å². The van der Waals surface area contributed by atoms with Crippen molar-refractivity contribution in [3.8, 4) is 44.8 Å². The van der Waals surface area contributed by atoms with Gasteiger partial charge in [-0.15, -0.1) is 10.2 Å². The lowest BCUT2D eigenvalue weighted by Crippen LogP contribution is -2.44. The van der Waals surface area contributed by atoms with Crippen LogP contribution in [-0.2, 0) is 33.6 Å². The Labute approximate surface area is 645 Å². The number of aliphatic imine (C=N–C) groups is 3. The lowest BCUT2D eigenvalue weighted by atomic mass is 9.90. The molecule has 0 radical (unpaired) electrons. The van der Waals surface area contributed by atoms with Crippen molar-refractivity contribution in [3.05, 3.63) is 264 Å². The van der Waals surface area contributed by atoms with Crippen molar-refractivity contribution in [1.29, 1.82) is 0 Å². The number of tetrazole rings is 2. The van der Waals surface area contributed by atoms with Crippen LogP contribution in [0.1, 0.15) is 118 Å². The smallest absolute Gasteiger partial charge is 0.223 e. The van der Waals surface area contributed by atoms with Gasteiger partial charge >= 0.3 is 0 Å². The van der Waals surface area contributed by atoms with E-state index in [-0.39, 0.29) is 59.0 Å². The lowest BCUT2D eigenvalue weighted by molar-refractivity contribution is -0.614. The van der Waals surface area contributed by atoms with Crippen molar-refractivity contribution in [1.82, 2.24) is 55.1 Å². The number of pyridine rings is 3. The topological polar surface area (TPSA) is 283 Å². The first-order chi connectivity index (χ1) is 53.1. The van der Waals surface area contributed by atoms with Gasteiger partial charge in [-0.25, -0.2) is 8.78 Å². The summed E-state index contributed by atoms with van der Waals surface area (Å²) in [5.41, 5.74) is 15.8. The molecule has 0 aliphatic carbocycles. The highest BCUT2D eigenvalue weighted by Crippen LogP contribution is 2.41. The fourth-order valence-electron chi connectivity index (χ4n) is 14.5. The molecule has 0 saturated carbocycles. The molecule has 5 aromatic heterocycles. The van der Waals surface area contributed by atoms with Gasteiger partial charge in [0.2, 0.25) is 34.8 Å². The maximum Gasteiger partial charge on any atom is 0.223 e. The van der Waals surface area contributed by atoms with E-state index in [9.17, 15) is 43.6 Å². The fraction of sp³-hybridized carbons (Fsp3) is 0.259. The first kappa shape index (κ1) is 73.6. The van der Waals surface area contributed by atoms with Gasteiger partial charge in [-0.1, -0.05) is 70.2 Å². The van der Waals surface area contributed by atoms with Crippen LogP contribution in [0.15, 0.2) is 186 Å². The number of benzene rings is 6. The van der Waals surface area contributed by atoms with Gasteiger partial charge in [-0.05, 0) is 175 Å². The number of hydrogen-bond donors (Lipinski definition) is 0. The number of Topliss-reactive ketones (excluding diaryl/α,β-unsaturated/α-hetero) is 1. The highest BCUT2D eigenvalue weighted by atomic mass is 35.5. The average molecular weight is 1540 g/mol. The van der Waals surface area contributed by atoms with E-state index in [2.05, 4.69) is 43.2 Å². The van der Waals surface area contributed by atoms with Gasteiger partial charge in [-0.2, -0.15) is 23.6 Å². The van der Waals surface area contributed by atoms with E-state index in [0.29, 0.717) is 109 Å². The van der Waals surface area contributed by atoms with Crippen LogP contribution in [0.2, 0.25) is 15.1 Å². The van der Waals surface area contributed by atoms with Gasteiger partial charge in [0.1, 0.15) is 18.5 Å². The maximum absolute atomic E-state index is 14.6. The molecule has 3 amide bonds. The summed E-state index contributed by atoms with van der Waals surface area (Å²) in [6.07, 6.45) is 12.1. The van der Waals surface area contributed by atoms with Crippen molar-refractivity contribution in [2.45, 2.75) is 96.3 Å². The van der Waals surface area contributed by atoms with Gasteiger partial charge in [0.15, 0.2) is 30.2 Å². The number of nitrogens with zero attached hydrogens (tertiary/aromatic N) is 17. The molecule has 110 heavy (non-hydrogen) atoms. The molecule has 3 fully saturated rings. The molecular formula is C81H70Cl3F2N17O7. The van der Waals surface area contributed by atoms with Crippen LogP contribution < -0.4 is 14.2 Å². The Bertz CT molecular complexity index is 5340. The molecule has 11 aromatic rings. The molecule has 3 atom stereocenters. The predicted molar refractivity (Wildman–Crippen MR) is 410 cm³/mol. The SMILES string of the molecule is CC(=O)c1ccc2c(c1)CC(C(CC(=O)N1CCC1)c1ccc(-c3c(F)ccc(Cl)c3F)c[n+]1[O-])=N2.Cc1ccc2c(c1)CC(C(CC(=O)N1CCC1)c1ccc(-c3cc(Cl)ccc3-n3cnnn3)c[n+]1[O-])=N2.Cc1ccc2c(c1)CC(C(CC(=O)N1CCC1)c1ccc(-c3cc(Cl)ccc3-n3cnnn3)c[n+]1[O-])=N2. The van der Waals surface area contributed by atoms with Crippen LogP contribution in [0.4, 0.5) is 25.8 Å². The number of likely N-dealkylation sites (tertiary alicyclic amines) is 3. The standard InChI is InChI=1S/C27H22ClF2N3O3.2C27H24ClN7O2/c1-15(34)16-3-7-22-18(11-16)12-23(31-22)19(13-25(35)32-9-2-10-32)24-8-4-17(14-33(24)36)26-21(29)6-5-20(28)27(26)30;2*1-17-3-6-23-19(11-17)12-24(30-23)22(14-27(36)33-9-2-10-33)26-7-4-18(15-35(26)37)21-13-20(28)5-8-25(21)34-16-29-31-32-34/h3-8,11,14,19H,2,9-10,12-13H2,1H3;2*3-8,11,13,15-16,22H,2,9-10,12,14H2,1H3. The summed E-state index contributed by atoms with van der Waals surface area (Å²) >= 11 is 18.4. The Morgan fingerprint density at radius 3 is 1.24 bits per heavy atom. The highest BCUT2D eigenvalue weighted by Gasteiger charge is 2.39. The molecule has 3 saturated heterocycles. The average Bonchev–Trinajstić information content (AvgIpc) is 1.41. The summed E-state index contributed by atoms with van der Waals surface area (Å²) in [6.45, 7) is 9.99. The Balaban J connectivity index is 0.000000131. The lowest BCUT2D eigenvalue weighted by Gasteiger charge is -2.32. The van der Waals surface area contributed by atoms with Crippen molar-refractivity contribution in [2.24, 2.45) is 15.0 Å². The molecule has 556 valence electrons. The maximum atomic E-state index is 14.6. The molecule has 6 aromatic carbocycles. The minimum Gasteiger partial charge on any atom is -0.618 e. The zero-order chi connectivity index (χ0) is 76.6. The molecule has 0 N–H and O–H groups in total.